The van der Waals surface area contributed by atoms with Crippen LogP contribution >= 0.6 is 0 Å². The first-order chi connectivity index (χ1) is 5.11. The molecule has 0 fully saturated rings. The molecule has 0 aromatic heterocycles. The van der Waals surface area contributed by atoms with Gasteiger partial charge in [0.05, 0.1) is 0 Å². The normalized spacial score (nSPS) is 37.2. The van der Waals surface area contributed by atoms with Crippen molar-refractivity contribution in [1.29, 1.82) is 0 Å². The minimum Gasteiger partial charge on any atom is -0.300 e. The van der Waals surface area contributed by atoms with Crippen LogP contribution in [0, 0.1) is 17.8 Å². The van der Waals surface area contributed by atoms with E-state index in [9.17, 15) is 4.79 Å². The summed E-state index contributed by atoms with van der Waals surface area (Å²) in [4.78, 5) is 11.1. The van der Waals surface area contributed by atoms with Crippen LogP contribution in [0.25, 0.3) is 0 Å². The Labute approximate surface area is 68.5 Å². The summed E-state index contributed by atoms with van der Waals surface area (Å²) in [5.41, 5.74) is 0. The van der Waals surface area contributed by atoms with Crippen LogP contribution in [0.4, 0.5) is 0 Å². The molecule has 3 atom stereocenters. The Morgan fingerprint density at radius 3 is 2.45 bits per heavy atom. The second-order valence-corrected chi connectivity index (χ2v) is 3.67. The number of Topliss-reactive ketones (excluding diaryl/α,β-unsaturated/α-hetero) is 1. The molecule has 0 aromatic rings. The summed E-state index contributed by atoms with van der Waals surface area (Å²) in [6, 6.07) is 0. The van der Waals surface area contributed by atoms with Crippen molar-refractivity contribution >= 4 is 5.78 Å². The van der Waals surface area contributed by atoms with Crippen LogP contribution in [0.1, 0.15) is 27.2 Å². The van der Waals surface area contributed by atoms with Crippen LogP contribution in [0.2, 0.25) is 0 Å². The molecule has 0 radical (unpaired) electrons. The first-order valence-electron chi connectivity index (χ1n) is 4.30. The van der Waals surface area contributed by atoms with Crippen molar-refractivity contribution in [3.63, 3.8) is 0 Å². The van der Waals surface area contributed by atoms with Gasteiger partial charge in [-0.25, -0.2) is 0 Å². The highest BCUT2D eigenvalue weighted by molar-refractivity contribution is 5.79. The summed E-state index contributed by atoms with van der Waals surface area (Å²) < 4.78 is 0. The number of carbonyl (C=O) groups excluding carboxylic acids is 1. The zero-order chi connectivity index (χ0) is 8.43. The van der Waals surface area contributed by atoms with Gasteiger partial charge in [-0.3, -0.25) is 4.79 Å². The largest absolute Gasteiger partial charge is 0.300 e. The second kappa shape index (κ2) is 3.21. The molecular formula is C10H16O. The predicted octanol–water partition coefficient (Wildman–Crippen LogP) is 2.42. The highest BCUT2D eigenvalue weighted by atomic mass is 16.1. The summed E-state index contributed by atoms with van der Waals surface area (Å²) in [5.74, 6) is 1.65. The Bertz CT molecular complexity index is 181. The molecule has 1 nitrogen and oxygen atoms in total. The average Bonchev–Trinajstić information content (AvgIpc) is 1.94. The van der Waals surface area contributed by atoms with E-state index in [0.29, 0.717) is 17.6 Å². The lowest BCUT2D eigenvalue weighted by atomic mass is 9.79. The molecule has 0 amide bonds. The summed E-state index contributed by atoms with van der Waals surface area (Å²) in [7, 11) is 0. The lowest BCUT2D eigenvalue weighted by molar-refractivity contribution is -0.122. The van der Waals surface area contributed by atoms with E-state index in [1.54, 1.807) is 6.92 Å². The molecular weight excluding hydrogens is 136 g/mol. The van der Waals surface area contributed by atoms with E-state index in [1.165, 1.54) is 0 Å². The van der Waals surface area contributed by atoms with Gasteiger partial charge in [0.2, 0.25) is 0 Å². The molecule has 0 bridgehead atoms. The van der Waals surface area contributed by atoms with E-state index in [1.807, 2.05) is 0 Å². The van der Waals surface area contributed by atoms with E-state index in [0.717, 1.165) is 6.42 Å². The molecule has 0 aromatic carbocycles. The van der Waals surface area contributed by atoms with Gasteiger partial charge in [-0.1, -0.05) is 26.0 Å². The zero-order valence-corrected chi connectivity index (χ0v) is 7.50. The summed E-state index contributed by atoms with van der Waals surface area (Å²) in [5, 5.41) is 0. The van der Waals surface area contributed by atoms with Crippen molar-refractivity contribution in [2.75, 3.05) is 0 Å². The molecule has 1 rings (SSSR count). The van der Waals surface area contributed by atoms with Gasteiger partial charge >= 0.3 is 0 Å². The first-order valence-corrected chi connectivity index (χ1v) is 4.30. The lowest BCUT2D eigenvalue weighted by Gasteiger charge is -2.25. The van der Waals surface area contributed by atoms with Crippen LogP contribution < -0.4 is 0 Å². The molecule has 0 spiro atoms. The van der Waals surface area contributed by atoms with Gasteiger partial charge in [0, 0.05) is 5.92 Å². The van der Waals surface area contributed by atoms with Gasteiger partial charge in [-0.15, -0.1) is 0 Å². The lowest BCUT2D eigenvalue weighted by Crippen LogP contribution is -2.23. The Balaban J connectivity index is 2.68. The van der Waals surface area contributed by atoms with Crippen molar-refractivity contribution in [2.45, 2.75) is 27.2 Å². The highest BCUT2D eigenvalue weighted by Crippen LogP contribution is 2.28. The second-order valence-electron chi connectivity index (χ2n) is 3.67. The van der Waals surface area contributed by atoms with Gasteiger partial charge in [-0.2, -0.15) is 0 Å². The average molecular weight is 152 g/mol. The standard InChI is InChI=1S/C10H16O/c1-7-4-5-8(2)10(6-7)9(3)11/h4-5,7-8,10H,6H2,1-3H3. The van der Waals surface area contributed by atoms with E-state index >= 15 is 0 Å². The fourth-order valence-corrected chi connectivity index (χ4v) is 1.73. The van der Waals surface area contributed by atoms with Crippen molar-refractivity contribution in [3.05, 3.63) is 12.2 Å². The van der Waals surface area contributed by atoms with Crippen LogP contribution in [-0.2, 0) is 4.79 Å². The maximum Gasteiger partial charge on any atom is 0.133 e. The van der Waals surface area contributed by atoms with Crippen molar-refractivity contribution < 1.29 is 4.79 Å². The molecule has 11 heavy (non-hydrogen) atoms. The molecule has 0 saturated carbocycles. The molecule has 0 saturated heterocycles. The van der Waals surface area contributed by atoms with Crippen LogP contribution in [0.3, 0.4) is 0 Å². The van der Waals surface area contributed by atoms with Gasteiger partial charge in [-0.05, 0) is 25.2 Å². The Hall–Kier alpha value is -0.590. The maximum atomic E-state index is 11.1. The molecule has 62 valence electrons. The maximum absolute atomic E-state index is 11.1. The summed E-state index contributed by atoms with van der Waals surface area (Å²) in [6.45, 7) is 5.99. The van der Waals surface area contributed by atoms with Gasteiger partial charge in [0.1, 0.15) is 5.78 Å². The first kappa shape index (κ1) is 8.51. The number of rotatable bonds is 1. The SMILES string of the molecule is CC(=O)C1CC(C)C=CC1C. The quantitative estimate of drug-likeness (QED) is 0.527. The van der Waals surface area contributed by atoms with Crippen molar-refractivity contribution in [3.8, 4) is 0 Å². The monoisotopic (exact) mass is 152 g/mol. The Morgan fingerprint density at radius 2 is 2.00 bits per heavy atom. The van der Waals surface area contributed by atoms with Gasteiger partial charge < -0.3 is 0 Å². The third-order valence-electron chi connectivity index (χ3n) is 2.53. The van der Waals surface area contributed by atoms with Crippen LogP contribution in [-0.4, -0.2) is 5.78 Å². The smallest absolute Gasteiger partial charge is 0.133 e. The predicted molar refractivity (Wildman–Crippen MR) is 46.3 cm³/mol. The number of carbonyl (C=O) groups is 1. The fourth-order valence-electron chi connectivity index (χ4n) is 1.73. The van der Waals surface area contributed by atoms with Gasteiger partial charge in [0.15, 0.2) is 0 Å². The van der Waals surface area contributed by atoms with E-state index < -0.39 is 0 Å². The summed E-state index contributed by atoms with van der Waals surface area (Å²) in [6.07, 6.45) is 5.41. The van der Waals surface area contributed by atoms with E-state index in [-0.39, 0.29) is 5.92 Å². The molecule has 1 aliphatic rings. The van der Waals surface area contributed by atoms with Gasteiger partial charge in [0.25, 0.3) is 0 Å². The van der Waals surface area contributed by atoms with Crippen molar-refractivity contribution in [1.82, 2.24) is 0 Å². The third-order valence-corrected chi connectivity index (χ3v) is 2.53. The highest BCUT2D eigenvalue weighted by Gasteiger charge is 2.24. The van der Waals surface area contributed by atoms with Crippen LogP contribution in [0.15, 0.2) is 12.2 Å². The number of allylic oxidation sites excluding steroid dienone is 2. The molecule has 0 heterocycles. The minimum atomic E-state index is 0.273. The topological polar surface area (TPSA) is 17.1 Å². The van der Waals surface area contributed by atoms with Crippen LogP contribution in [0.5, 0.6) is 0 Å². The Kier molecular flexibility index (Phi) is 2.48. The number of hydrogen-bond donors (Lipinski definition) is 0. The van der Waals surface area contributed by atoms with Crippen molar-refractivity contribution in [2.24, 2.45) is 17.8 Å². The minimum absolute atomic E-state index is 0.273. The zero-order valence-electron chi connectivity index (χ0n) is 7.50. The number of hydrogen-bond acceptors (Lipinski definition) is 1. The molecule has 1 heteroatoms. The summed E-state index contributed by atoms with van der Waals surface area (Å²) >= 11 is 0. The number of ketones is 1. The third kappa shape index (κ3) is 1.92. The fraction of sp³-hybridized carbons (Fsp3) is 0.700. The molecule has 1 aliphatic carbocycles. The molecule has 0 N–H and O–H groups in total. The Morgan fingerprint density at radius 1 is 1.36 bits per heavy atom. The van der Waals surface area contributed by atoms with E-state index in [4.69, 9.17) is 0 Å². The molecule has 3 unspecified atom stereocenters. The molecule has 0 aliphatic heterocycles. The van der Waals surface area contributed by atoms with E-state index in [2.05, 4.69) is 26.0 Å².